The lowest BCUT2D eigenvalue weighted by molar-refractivity contribution is -0.107. The first-order valence-electron chi connectivity index (χ1n) is 10.4. The van der Waals surface area contributed by atoms with Crippen molar-refractivity contribution in [1.82, 2.24) is 15.5 Å². The Labute approximate surface area is 184 Å². The van der Waals surface area contributed by atoms with Crippen molar-refractivity contribution in [3.63, 3.8) is 0 Å². The van der Waals surface area contributed by atoms with E-state index in [1.54, 1.807) is 12.3 Å². The van der Waals surface area contributed by atoms with Crippen molar-refractivity contribution < 1.29 is 14.0 Å². The summed E-state index contributed by atoms with van der Waals surface area (Å²) in [5, 5.41) is 11.2. The minimum Gasteiger partial charge on any atom is -0.349 e. The summed E-state index contributed by atoms with van der Waals surface area (Å²) >= 11 is 6.08. The van der Waals surface area contributed by atoms with Gasteiger partial charge in [0.05, 0.1) is 28.0 Å². The molecular weight excluding hydrogens is 419 g/mol. The standard InChI is InChI=1S/C23H24ClFN4O2/c24-20-12-17(25)6-9-21(20)29(14-30)11-10-15-4-7-18(8-5-15)27-23(31)19-3-1-2-16-13-26-28-22(16)19/h1-3,6,9,12-15,18H,4-5,7-8,10-11H2,(H,26,28)(H,27,31). The Balaban J connectivity index is 1.28. The summed E-state index contributed by atoms with van der Waals surface area (Å²) < 4.78 is 13.3. The molecule has 0 bridgehead atoms. The van der Waals surface area contributed by atoms with Crippen molar-refractivity contribution in [3.05, 3.63) is 59.0 Å². The Morgan fingerprint density at radius 2 is 2.06 bits per heavy atom. The molecule has 2 N–H and O–H groups in total. The molecule has 1 aliphatic rings. The monoisotopic (exact) mass is 442 g/mol. The molecule has 4 rings (SSSR count). The van der Waals surface area contributed by atoms with Crippen LogP contribution < -0.4 is 10.2 Å². The van der Waals surface area contributed by atoms with Crippen molar-refractivity contribution in [2.75, 3.05) is 11.4 Å². The van der Waals surface area contributed by atoms with Gasteiger partial charge < -0.3 is 10.2 Å². The van der Waals surface area contributed by atoms with Gasteiger partial charge in [0.25, 0.3) is 5.91 Å². The predicted molar refractivity (Wildman–Crippen MR) is 119 cm³/mol. The van der Waals surface area contributed by atoms with Crippen molar-refractivity contribution in [1.29, 1.82) is 0 Å². The van der Waals surface area contributed by atoms with E-state index in [2.05, 4.69) is 15.5 Å². The number of H-pyrrole nitrogens is 1. The van der Waals surface area contributed by atoms with Gasteiger partial charge in [-0.2, -0.15) is 5.10 Å². The third-order valence-corrected chi connectivity index (χ3v) is 6.33. The zero-order chi connectivity index (χ0) is 21.8. The lowest BCUT2D eigenvalue weighted by Gasteiger charge is -2.30. The average Bonchev–Trinajstić information content (AvgIpc) is 3.25. The number of nitrogens with zero attached hydrogens (tertiary/aromatic N) is 2. The number of aromatic amines is 1. The summed E-state index contributed by atoms with van der Waals surface area (Å²) in [4.78, 5) is 25.8. The Kier molecular flexibility index (Phi) is 6.51. The molecule has 6 nitrogen and oxygen atoms in total. The topological polar surface area (TPSA) is 78.1 Å². The highest BCUT2D eigenvalue weighted by molar-refractivity contribution is 6.33. The van der Waals surface area contributed by atoms with Gasteiger partial charge in [-0.1, -0.05) is 23.7 Å². The maximum Gasteiger partial charge on any atom is 0.253 e. The van der Waals surface area contributed by atoms with Crippen LogP contribution in [0.25, 0.3) is 10.9 Å². The second-order valence-corrected chi connectivity index (χ2v) is 8.42. The number of aromatic nitrogens is 2. The predicted octanol–water partition coefficient (Wildman–Crippen LogP) is 4.70. The van der Waals surface area contributed by atoms with Gasteiger partial charge in [0.15, 0.2) is 0 Å². The zero-order valence-corrected chi connectivity index (χ0v) is 17.7. The van der Waals surface area contributed by atoms with E-state index in [9.17, 15) is 14.0 Å². The van der Waals surface area contributed by atoms with Crippen LogP contribution in [-0.2, 0) is 4.79 Å². The number of nitrogens with one attached hydrogen (secondary N) is 2. The highest BCUT2D eigenvalue weighted by atomic mass is 35.5. The van der Waals surface area contributed by atoms with Gasteiger partial charge in [-0.05, 0) is 62.3 Å². The molecule has 0 spiro atoms. The first-order valence-corrected chi connectivity index (χ1v) is 10.8. The van der Waals surface area contributed by atoms with E-state index >= 15 is 0 Å². The summed E-state index contributed by atoms with van der Waals surface area (Å²) in [5.74, 6) is -0.0500. The van der Waals surface area contributed by atoms with E-state index in [-0.39, 0.29) is 17.0 Å². The number of fused-ring (bicyclic) bond motifs is 1. The van der Waals surface area contributed by atoms with Crippen LogP contribution in [-0.4, -0.2) is 35.1 Å². The second kappa shape index (κ2) is 9.47. The first-order chi connectivity index (χ1) is 15.0. The molecule has 1 aromatic heterocycles. The van der Waals surface area contributed by atoms with Gasteiger partial charge in [-0.25, -0.2) is 4.39 Å². The molecule has 162 valence electrons. The van der Waals surface area contributed by atoms with E-state index in [1.165, 1.54) is 23.1 Å². The highest BCUT2D eigenvalue weighted by Gasteiger charge is 2.24. The lowest BCUT2D eigenvalue weighted by atomic mass is 9.84. The molecule has 31 heavy (non-hydrogen) atoms. The quantitative estimate of drug-likeness (QED) is 0.521. The fraction of sp³-hybridized carbons (Fsp3) is 0.348. The molecule has 0 aliphatic heterocycles. The summed E-state index contributed by atoms with van der Waals surface area (Å²) in [7, 11) is 0. The molecule has 1 saturated carbocycles. The first kappa shape index (κ1) is 21.3. The summed E-state index contributed by atoms with van der Waals surface area (Å²) in [5.41, 5.74) is 1.88. The van der Waals surface area contributed by atoms with Crippen LogP contribution in [0.3, 0.4) is 0 Å². The molecule has 1 aliphatic carbocycles. The van der Waals surface area contributed by atoms with E-state index in [1.807, 2.05) is 12.1 Å². The minimum atomic E-state index is -0.427. The zero-order valence-electron chi connectivity index (χ0n) is 17.0. The second-order valence-electron chi connectivity index (χ2n) is 8.01. The third kappa shape index (κ3) is 4.88. The minimum absolute atomic E-state index is 0.0867. The smallest absolute Gasteiger partial charge is 0.253 e. The molecular formula is C23H24ClFN4O2. The van der Waals surface area contributed by atoms with E-state index in [4.69, 9.17) is 11.6 Å². The van der Waals surface area contributed by atoms with Crippen molar-refractivity contribution in [2.45, 2.75) is 38.1 Å². The molecule has 1 fully saturated rings. The Bertz CT molecular complexity index is 1080. The molecule has 0 atom stereocenters. The Morgan fingerprint density at radius 1 is 1.26 bits per heavy atom. The fourth-order valence-corrected chi connectivity index (χ4v) is 4.56. The van der Waals surface area contributed by atoms with Crippen LogP contribution in [0.1, 0.15) is 42.5 Å². The molecule has 0 unspecified atom stereocenters. The van der Waals surface area contributed by atoms with Crippen LogP contribution in [0.15, 0.2) is 42.6 Å². The molecule has 3 aromatic rings. The molecule has 8 heteroatoms. The number of halogens is 2. The van der Waals surface area contributed by atoms with Crippen LogP contribution >= 0.6 is 11.6 Å². The van der Waals surface area contributed by atoms with E-state index < -0.39 is 5.82 Å². The number of benzene rings is 2. The van der Waals surface area contributed by atoms with Gasteiger partial charge >= 0.3 is 0 Å². The maximum atomic E-state index is 13.3. The molecule has 0 saturated heterocycles. The SMILES string of the molecule is O=CN(CCC1CCC(NC(=O)c2cccc3cn[nH]c23)CC1)c1ccc(F)cc1Cl. The summed E-state index contributed by atoms with van der Waals surface area (Å²) in [6, 6.07) is 9.75. The summed E-state index contributed by atoms with van der Waals surface area (Å²) in [6.07, 6.45) is 7.02. The number of anilines is 1. The Morgan fingerprint density at radius 3 is 2.81 bits per heavy atom. The number of carbonyl (C=O) groups excluding carboxylic acids is 2. The number of hydrogen-bond acceptors (Lipinski definition) is 3. The van der Waals surface area contributed by atoms with E-state index in [0.29, 0.717) is 23.7 Å². The van der Waals surface area contributed by atoms with Gasteiger partial charge in [0.2, 0.25) is 6.41 Å². The van der Waals surface area contributed by atoms with E-state index in [0.717, 1.165) is 49.4 Å². The van der Waals surface area contributed by atoms with Crippen LogP contribution in [0.4, 0.5) is 10.1 Å². The van der Waals surface area contributed by atoms with Crippen molar-refractivity contribution in [3.8, 4) is 0 Å². The van der Waals surface area contributed by atoms with Gasteiger partial charge in [-0.15, -0.1) is 0 Å². The average molecular weight is 443 g/mol. The lowest BCUT2D eigenvalue weighted by Crippen LogP contribution is -2.38. The van der Waals surface area contributed by atoms with Crippen LogP contribution in [0, 0.1) is 11.7 Å². The number of carbonyl (C=O) groups is 2. The van der Waals surface area contributed by atoms with Gasteiger partial charge in [0.1, 0.15) is 5.82 Å². The molecule has 2 aromatic carbocycles. The summed E-state index contributed by atoms with van der Waals surface area (Å²) in [6.45, 7) is 0.526. The molecule has 1 heterocycles. The maximum absolute atomic E-state index is 13.3. The number of rotatable bonds is 7. The number of hydrogen-bond donors (Lipinski definition) is 2. The molecule has 2 amide bonds. The van der Waals surface area contributed by atoms with Crippen molar-refractivity contribution >= 4 is 40.5 Å². The van der Waals surface area contributed by atoms with Gasteiger partial charge in [0, 0.05) is 18.0 Å². The largest absolute Gasteiger partial charge is 0.349 e. The van der Waals surface area contributed by atoms with Crippen molar-refractivity contribution in [2.24, 2.45) is 5.92 Å². The molecule has 0 radical (unpaired) electrons. The number of amides is 2. The number of para-hydroxylation sites is 1. The van der Waals surface area contributed by atoms with Crippen LogP contribution in [0.2, 0.25) is 5.02 Å². The van der Waals surface area contributed by atoms with Gasteiger partial charge in [-0.3, -0.25) is 14.7 Å². The fourth-order valence-electron chi connectivity index (χ4n) is 4.28. The van der Waals surface area contributed by atoms with Crippen LogP contribution in [0.5, 0.6) is 0 Å². The highest BCUT2D eigenvalue weighted by Crippen LogP contribution is 2.30. The Hall–Kier alpha value is -2.93. The normalized spacial score (nSPS) is 18.6. The third-order valence-electron chi connectivity index (χ3n) is 6.03.